The van der Waals surface area contributed by atoms with Crippen LogP contribution in [-0.4, -0.2) is 185 Å². The molecule has 5 rings (SSSR count). The number of unbranched alkanes of at least 4 members (excludes halogenated alkanes) is 3. The van der Waals surface area contributed by atoms with Gasteiger partial charge in [0.1, 0.15) is 46.1 Å². The van der Waals surface area contributed by atoms with Crippen LogP contribution in [0.3, 0.4) is 0 Å². The minimum Gasteiger partial charge on any atom is -0.505 e. The van der Waals surface area contributed by atoms with Gasteiger partial charge in [-0.2, -0.15) is 0 Å². The van der Waals surface area contributed by atoms with Gasteiger partial charge in [-0.3, -0.25) is 14.4 Å². The molecular formula is C56H92N6O13S. The summed E-state index contributed by atoms with van der Waals surface area (Å²) in [5.41, 5.74) is -1.72. The van der Waals surface area contributed by atoms with Crippen molar-refractivity contribution in [2.45, 2.75) is 231 Å². The molecule has 0 spiro atoms. The predicted molar refractivity (Wildman–Crippen MR) is 290 cm³/mol. The summed E-state index contributed by atoms with van der Waals surface area (Å²) >= 11 is 5.30. The van der Waals surface area contributed by atoms with Gasteiger partial charge in [-0.25, -0.2) is 0 Å². The van der Waals surface area contributed by atoms with Gasteiger partial charge < -0.3 is 68.5 Å². The van der Waals surface area contributed by atoms with E-state index in [1.165, 1.54) is 14.0 Å². The van der Waals surface area contributed by atoms with E-state index >= 15 is 0 Å². The highest BCUT2D eigenvalue weighted by atomic mass is 32.1. The molecule has 6 N–H and O–H groups in total. The standard InChI is InChI=1S/C56H92N6O13S/c1-15-44(56(10,69)48(65)37(6)59(11)12)73-52(67)36(5)47(74-45-31-55(9,70-14)49(66)38(7)72-45)35(4)50(54(8,68)16-2)75-53-46(64)42(30-34(3)71-53)60(13)32-39-23-25-40(26-24-39)41-33-62(58-57-41)29-20-18-17-19-27-61-28-21-22-43(63)51(61)76/h21-26,28,33-38,42,44-50,53,63-66,68-69H,15-20,27,29-32H2,1-14H3/t34-,35+,36-,37-,38+,42+,44-,45+,46-,47+,48-,49+,50-,53+,54-,55-,56-/m1/s1. The Morgan fingerprint density at radius 3 is 2.26 bits per heavy atom. The van der Waals surface area contributed by atoms with Crippen molar-refractivity contribution in [1.29, 1.82) is 0 Å². The van der Waals surface area contributed by atoms with Crippen LogP contribution in [0.5, 0.6) is 5.75 Å². The molecule has 430 valence electrons. The lowest BCUT2D eigenvalue weighted by Gasteiger charge is -2.48. The molecule has 1 aromatic carbocycles. The van der Waals surface area contributed by atoms with E-state index < -0.39 is 102 Å². The Labute approximate surface area is 456 Å². The molecule has 2 saturated heterocycles. The zero-order valence-electron chi connectivity index (χ0n) is 47.6. The molecule has 0 amide bonds. The molecule has 2 fully saturated rings. The highest BCUT2D eigenvalue weighted by Gasteiger charge is 2.52. The number of aliphatic hydroxyl groups excluding tert-OH is 3. The highest BCUT2D eigenvalue weighted by molar-refractivity contribution is 7.71. The first-order valence-corrected chi connectivity index (χ1v) is 27.7. The van der Waals surface area contributed by atoms with Crippen LogP contribution >= 0.6 is 12.2 Å². The second kappa shape index (κ2) is 27.6. The molecule has 0 unspecified atom stereocenters. The van der Waals surface area contributed by atoms with Crippen LogP contribution in [-0.2, 0) is 52.8 Å². The normalized spacial score (nSPS) is 27.7. The van der Waals surface area contributed by atoms with E-state index in [2.05, 4.69) is 15.2 Å². The molecule has 76 heavy (non-hydrogen) atoms. The van der Waals surface area contributed by atoms with Crippen molar-refractivity contribution in [2.75, 3.05) is 28.3 Å². The number of likely N-dealkylation sites (N-methyl/N-ethyl adjacent to an activating group) is 2. The summed E-state index contributed by atoms with van der Waals surface area (Å²) in [5.74, 6) is -2.47. The number of rotatable bonds is 28. The monoisotopic (exact) mass is 1090 g/mol. The lowest BCUT2D eigenvalue weighted by Crippen LogP contribution is -2.60. The summed E-state index contributed by atoms with van der Waals surface area (Å²) in [6.45, 7) is 19.3. The Morgan fingerprint density at radius 1 is 0.987 bits per heavy atom. The Kier molecular flexibility index (Phi) is 23.0. The second-order valence-corrected chi connectivity index (χ2v) is 22.9. The van der Waals surface area contributed by atoms with Gasteiger partial charge in [0, 0.05) is 62.9 Å². The number of aliphatic hydroxyl groups is 5. The number of aromatic hydroxyl groups is 1. The molecule has 0 aliphatic carbocycles. The SMILES string of the molecule is CC[C@@H](OC(=O)[C@H](C)[C@@H](O[C@H]1C[C@@](C)(OC)[C@@H](O)[C@H](C)O1)[C@H](C)[C@@H](O[C@@H]1O[C@H](C)C[C@H](N(C)Cc2ccc(-c3cn(CCCCCCn4cccc(O)c4=S)nn3)cc2)[C@H]1O)[C@](C)(O)CC)[C@@](C)(O)[C@H](O)[C@@H](C)N(C)C. The number of benzene rings is 1. The summed E-state index contributed by atoms with van der Waals surface area (Å²) in [6, 6.07) is 10.6. The van der Waals surface area contributed by atoms with Crippen molar-refractivity contribution in [1.82, 2.24) is 29.4 Å². The molecule has 0 saturated carbocycles. The predicted octanol–water partition coefficient (Wildman–Crippen LogP) is 6.23. The smallest absolute Gasteiger partial charge is 0.311 e. The average Bonchev–Trinajstić information content (AvgIpc) is 3.86. The number of aryl methyl sites for hydroxylation is 2. The van der Waals surface area contributed by atoms with Crippen molar-refractivity contribution in [3.63, 3.8) is 0 Å². The summed E-state index contributed by atoms with van der Waals surface area (Å²) in [6.07, 6.45) is -1.13. The number of methoxy groups -OCH3 is 1. The summed E-state index contributed by atoms with van der Waals surface area (Å²) in [7, 11) is 7.01. The fraction of sp³-hybridized carbons (Fsp3) is 0.750. The van der Waals surface area contributed by atoms with Crippen molar-refractivity contribution in [2.24, 2.45) is 11.8 Å². The molecule has 2 aromatic heterocycles. The summed E-state index contributed by atoms with van der Waals surface area (Å²) in [4.78, 5) is 18.3. The molecule has 20 heteroatoms. The van der Waals surface area contributed by atoms with Crippen LogP contribution in [0.1, 0.15) is 126 Å². The number of carbonyl (C=O) groups is 1. The fourth-order valence-corrected chi connectivity index (χ4v) is 10.9. The van der Waals surface area contributed by atoms with Crippen LogP contribution in [0, 0.1) is 16.5 Å². The van der Waals surface area contributed by atoms with Gasteiger partial charge in [0.15, 0.2) is 12.6 Å². The maximum absolute atomic E-state index is 14.5. The minimum atomic E-state index is -1.83. The third-order valence-electron chi connectivity index (χ3n) is 16.3. The molecule has 2 aliphatic rings. The zero-order chi connectivity index (χ0) is 56.4. The molecule has 4 heterocycles. The van der Waals surface area contributed by atoms with E-state index in [0.717, 1.165) is 55.6 Å². The van der Waals surface area contributed by atoms with Crippen molar-refractivity contribution < 1.29 is 63.9 Å². The molecule has 17 atom stereocenters. The summed E-state index contributed by atoms with van der Waals surface area (Å²) in [5, 5.41) is 77.2. The number of aromatic nitrogens is 4. The second-order valence-electron chi connectivity index (χ2n) is 22.6. The molecule has 19 nitrogen and oxygen atoms in total. The molecule has 2 aliphatic heterocycles. The quantitative estimate of drug-likeness (QED) is 0.0269. The van der Waals surface area contributed by atoms with Gasteiger partial charge in [-0.15, -0.1) is 5.10 Å². The Morgan fingerprint density at radius 2 is 1.64 bits per heavy atom. The lowest BCUT2D eigenvalue weighted by molar-refractivity contribution is -0.317. The number of nitrogens with zero attached hydrogens (tertiary/aromatic N) is 6. The van der Waals surface area contributed by atoms with Crippen molar-refractivity contribution in [3.05, 3.63) is 59.0 Å². The van der Waals surface area contributed by atoms with Gasteiger partial charge in [0.25, 0.3) is 0 Å². The maximum Gasteiger partial charge on any atom is 0.311 e. The number of ether oxygens (including phenoxy) is 6. The van der Waals surface area contributed by atoms with E-state index in [-0.39, 0.29) is 31.1 Å². The molecular weight excluding hydrogens is 997 g/mol. The highest BCUT2D eigenvalue weighted by Crippen LogP contribution is 2.39. The topological polar surface area (TPSA) is 236 Å². The Balaban J connectivity index is 1.29. The number of hydrogen-bond donors (Lipinski definition) is 6. The van der Waals surface area contributed by atoms with Crippen LogP contribution in [0.25, 0.3) is 11.3 Å². The third kappa shape index (κ3) is 15.7. The largest absolute Gasteiger partial charge is 0.505 e. The molecule has 0 bridgehead atoms. The maximum atomic E-state index is 14.5. The molecule has 3 aromatic rings. The fourth-order valence-electron chi connectivity index (χ4n) is 10.7. The van der Waals surface area contributed by atoms with Crippen molar-refractivity contribution >= 4 is 18.2 Å². The molecule has 0 radical (unpaired) electrons. The van der Waals surface area contributed by atoms with Crippen LogP contribution in [0.15, 0.2) is 48.8 Å². The van der Waals surface area contributed by atoms with E-state index in [1.54, 1.807) is 79.6 Å². The van der Waals surface area contributed by atoms with Crippen LogP contribution < -0.4 is 0 Å². The van der Waals surface area contributed by atoms with Gasteiger partial charge in [0.05, 0.1) is 47.7 Å². The van der Waals surface area contributed by atoms with E-state index in [0.29, 0.717) is 17.6 Å². The minimum absolute atomic E-state index is 0.0968. The van der Waals surface area contributed by atoms with Gasteiger partial charge in [-0.05, 0) is 119 Å². The Hall–Kier alpha value is -3.48. The van der Waals surface area contributed by atoms with Crippen LogP contribution in [0.4, 0.5) is 0 Å². The van der Waals surface area contributed by atoms with Gasteiger partial charge in [-0.1, -0.05) is 75.3 Å². The number of pyridine rings is 1. The zero-order valence-corrected chi connectivity index (χ0v) is 48.4. The van der Waals surface area contributed by atoms with Gasteiger partial charge in [0.2, 0.25) is 0 Å². The first kappa shape index (κ1) is 63.4. The summed E-state index contributed by atoms with van der Waals surface area (Å²) < 4.78 is 42.2. The van der Waals surface area contributed by atoms with E-state index in [9.17, 15) is 35.4 Å². The number of carbonyl (C=O) groups excluding carboxylic acids is 1. The van der Waals surface area contributed by atoms with E-state index in [4.69, 9.17) is 40.6 Å². The van der Waals surface area contributed by atoms with Crippen molar-refractivity contribution in [3.8, 4) is 17.0 Å². The average molecular weight is 1090 g/mol. The van der Waals surface area contributed by atoms with Gasteiger partial charge >= 0.3 is 5.97 Å². The van der Waals surface area contributed by atoms with Crippen LogP contribution in [0.2, 0.25) is 0 Å². The number of hydrogen-bond acceptors (Lipinski definition) is 18. The third-order valence-corrected chi connectivity index (χ3v) is 16.8. The first-order chi connectivity index (χ1) is 35.7. The first-order valence-electron chi connectivity index (χ1n) is 27.3. The Bertz CT molecular complexity index is 2320. The number of esters is 1. The van der Waals surface area contributed by atoms with E-state index in [1.807, 2.05) is 66.8 Å². The lowest BCUT2D eigenvalue weighted by atomic mass is 9.80.